The van der Waals surface area contributed by atoms with Gasteiger partial charge in [0, 0.05) is 6.54 Å². The smallest absolute Gasteiger partial charge is 0.257 e. The zero-order valence-electron chi connectivity index (χ0n) is 8.18. The minimum absolute atomic E-state index is 0.0361. The number of aryl methyl sites for hydroxylation is 1. The van der Waals surface area contributed by atoms with Gasteiger partial charge in [-0.25, -0.2) is 8.78 Å². The molecule has 1 amide bonds. The molecule has 0 aliphatic rings. The van der Waals surface area contributed by atoms with Crippen molar-refractivity contribution in [3.05, 3.63) is 34.9 Å². The van der Waals surface area contributed by atoms with Crippen molar-refractivity contribution in [2.75, 3.05) is 13.2 Å². The summed E-state index contributed by atoms with van der Waals surface area (Å²) in [5, 5.41) is 10.6. The SMILES string of the molecule is Cc1ccc(F)c(C(=O)NCCO)c1F. The average Bonchev–Trinajstić information content (AvgIpc) is 2.21. The molecule has 5 heteroatoms. The normalized spacial score (nSPS) is 10.1. The Kier molecular flexibility index (Phi) is 3.74. The van der Waals surface area contributed by atoms with Crippen LogP contribution in [0.1, 0.15) is 15.9 Å². The number of aliphatic hydroxyl groups is 1. The number of aliphatic hydroxyl groups excluding tert-OH is 1. The minimum Gasteiger partial charge on any atom is -0.395 e. The highest BCUT2D eigenvalue weighted by atomic mass is 19.1. The summed E-state index contributed by atoms with van der Waals surface area (Å²) in [6.07, 6.45) is 0. The van der Waals surface area contributed by atoms with Gasteiger partial charge in [-0.3, -0.25) is 4.79 Å². The van der Waals surface area contributed by atoms with Crippen LogP contribution >= 0.6 is 0 Å². The van der Waals surface area contributed by atoms with E-state index in [2.05, 4.69) is 5.32 Å². The van der Waals surface area contributed by atoms with Crippen molar-refractivity contribution in [2.24, 2.45) is 0 Å². The molecule has 0 unspecified atom stereocenters. The minimum atomic E-state index is -0.909. The summed E-state index contributed by atoms with van der Waals surface area (Å²) in [6, 6.07) is 2.29. The molecule has 0 aliphatic carbocycles. The molecular weight excluding hydrogens is 204 g/mol. The number of carbonyl (C=O) groups is 1. The van der Waals surface area contributed by atoms with E-state index in [1.807, 2.05) is 0 Å². The Balaban J connectivity index is 3.02. The third-order valence-electron chi connectivity index (χ3n) is 1.91. The molecule has 1 rings (SSSR count). The van der Waals surface area contributed by atoms with E-state index in [9.17, 15) is 13.6 Å². The number of hydrogen-bond donors (Lipinski definition) is 2. The van der Waals surface area contributed by atoms with Crippen LogP contribution in [0.2, 0.25) is 0 Å². The standard InChI is InChI=1S/C10H11F2NO2/c1-6-2-3-7(11)8(9(6)12)10(15)13-4-5-14/h2-3,14H,4-5H2,1H3,(H,13,15). The van der Waals surface area contributed by atoms with Crippen LogP contribution in [-0.2, 0) is 0 Å². The van der Waals surface area contributed by atoms with E-state index in [4.69, 9.17) is 5.11 Å². The van der Waals surface area contributed by atoms with E-state index in [-0.39, 0.29) is 18.7 Å². The van der Waals surface area contributed by atoms with Crippen molar-refractivity contribution >= 4 is 5.91 Å². The first-order chi connectivity index (χ1) is 7.07. The van der Waals surface area contributed by atoms with Crippen LogP contribution in [0, 0.1) is 18.6 Å². The fourth-order valence-electron chi connectivity index (χ4n) is 1.12. The maximum Gasteiger partial charge on any atom is 0.257 e. The fraction of sp³-hybridized carbons (Fsp3) is 0.300. The molecule has 1 aromatic rings. The lowest BCUT2D eigenvalue weighted by atomic mass is 10.1. The van der Waals surface area contributed by atoms with Crippen LogP contribution in [0.4, 0.5) is 8.78 Å². The van der Waals surface area contributed by atoms with Crippen LogP contribution in [0.3, 0.4) is 0 Å². The zero-order valence-corrected chi connectivity index (χ0v) is 8.18. The van der Waals surface area contributed by atoms with Gasteiger partial charge in [0.2, 0.25) is 0 Å². The van der Waals surface area contributed by atoms with E-state index < -0.39 is 23.1 Å². The molecule has 2 N–H and O–H groups in total. The molecule has 0 radical (unpaired) electrons. The summed E-state index contributed by atoms with van der Waals surface area (Å²) in [5.74, 6) is -2.64. The van der Waals surface area contributed by atoms with E-state index in [0.29, 0.717) is 0 Å². The molecule has 0 aromatic heterocycles. The first kappa shape index (κ1) is 11.6. The number of amides is 1. The third kappa shape index (κ3) is 2.50. The second kappa shape index (κ2) is 4.84. The Labute approximate surface area is 85.7 Å². The van der Waals surface area contributed by atoms with Gasteiger partial charge in [-0.1, -0.05) is 6.07 Å². The monoisotopic (exact) mass is 215 g/mol. The maximum absolute atomic E-state index is 13.4. The van der Waals surface area contributed by atoms with Crippen molar-refractivity contribution in [1.82, 2.24) is 5.32 Å². The summed E-state index contributed by atoms with van der Waals surface area (Å²) in [6.45, 7) is 1.13. The highest BCUT2D eigenvalue weighted by Crippen LogP contribution is 2.15. The first-order valence-corrected chi connectivity index (χ1v) is 4.41. The second-order valence-electron chi connectivity index (χ2n) is 3.03. The number of rotatable bonds is 3. The van der Waals surface area contributed by atoms with Crippen molar-refractivity contribution in [2.45, 2.75) is 6.92 Å². The lowest BCUT2D eigenvalue weighted by Gasteiger charge is -2.07. The van der Waals surface area contributed by atoms with Crippen molar-refractivity contribution in [3.8, 4) is 0 Å². The van der Waals surface area contributed by atoms with Crippen LogP contribution < -0.4 is 5.32 Å². The number of halogens is 2. The largest absolute Gasteiger partial charge is 0.395 e. The lowest BCUT2D eigenvalue weighted by Crippen LogP contribution is -2.28. The van der Waals surface area contributed by atoms with E-state index >= 15 is 0 Å². The third-order valence-corrected chi connectivity index (χ3v) is 1.91. The van der Waals surface area contributed by atoms with Crippen LogP contribution in [0.5, 0.6) is 0 Å². The predicted molar refractivity (Wildman–Crippen MR) is 50.5 cm³/mol. The van der Waals surface area contributed by atoms with Gasteiger partial charge in [-0.05, 0) is 18.6 Å². The van der Waals surface area contributed by atoms with Gasteiger partial charge in [-0.15, -0.1) is 0 Å². The molecule has 0 heterocycles. The van der Waals surface area contributed by atoms with Crippen LogP contribution in [0.15, 0.2) is 12.1 Å². The van der Waals surface area contributed by atoms with Crippen molar-refractivity contribution in [3.63, 3.8) is 0 Å². The molecule has 3 nitrogen and oxygen atoms in total. The topological polar surface area (TPSA) is 49.3 Å². The van der Waals surface area contributed by atoms with Gasteiger partial charge in [0.25, 0.3) is 5.91 Å². The van der Waals surface area contributed by atoms with E-state index in [1.54, 1.807) is 0 Å². The number of benzene rings is 1. The molecular formula is C10H11F2NO2. The van der Waals surface area contributed by atoms with Crippen LogP contribution in [0.25, 0.3) is 0 Å². The lowest BCUT2D eigenvalue weighted by molar-refractivity contribution is 0.0936. The molecule has 0 saturated heterocycles. The fourth-order valence-corrected chi connectivity index (χ4v) is 1.12. The molecule has 0 bridgehead atoms. The quantitative estimate of drug-likeness (QED) is 0.790. The summed E-state index contributed by atoms with van der Waals surface area (Å²) < 4.78 is 26.5. The second-order valence-corrected chi connectivity index (χ2v) is 3.03. The molecule has 82 valence electrons. The van der Waals surface area contributed by atoms with E-state index in [0.717, 1.165) is 6.07 Å². The molecule has 15 heavy (non-hydrogen) atoms. The first-order valence-electron chi connectivity index (χ1n) is 4.41. The van der Waals surface area contributed by atoms with Gasteiger partial charge in [-0.2, -0.15) is 0 Å². The molecule has 0 saturated carbocycles. The van der Waals surface area contributed by atoms with Gasteiger partial charge in [0.15, 0.2) is 0 Å². The molecule has 0 spiro atoms. The Morgan fingerprint density at radius 3 is 2.73 bits per heavy atom. The van der Waals surface area contributed by atoms with Gasteiger partial charge >= 0.3 is 0 Å². The summed E-state index contributed by atoms with van der Waals surface area (Å²) in [4.78, 5) is 11.3. The maximum atomic E-state index is 13.4. The van der Waals surface area contributed by atoms with Gasteiger partial charge in [0.1, 0.15) is 17.2 Å². The summed E-state index contributed by atoms with van der Waals surface area (Å²) in [7, 11) is 0. The number of hydrogen-bond acceptors (Lipinski definition) is 2. The molecule has 1 aromatic carbocycles. The number of carbonyl (C=O) groups excluding carboxylic acids is 1. The highest BCUT2D eigenvalue weighted by Gasteiger charge is 2.18. The highest BCUT2D eigenvalue weighted by molar-refractivity contribution is 5.94. The average molecular weight is 215 g/mol. The van der Waals surface area contributed by atoms with Crippen LogP contribution in [-0.4, -0.2) is 24.2 Å². The van der Waals surface area contributed by atoms with Gasteiger partial charge < -0.3 is 10.4 Å². The Bertz CT molecular complexity index is 380. The molecule has 0 aliphatic heterocycles. The Hall–Kier alpha value is -1.49. The Morgan fingerprint density at radius 1 is 1.47 bits per heavy atom. The van der Waals surface area contributed by atoms with Crippen molar-refractivity contribution < 1.29 is 18.7 Å². The van der Waals surface area contributed by atoms with E-state index in [1.165, 1.54) is 13.0 Å². The number of nitrogens with one attached hydrogen (secondary N) is 1. The zero-order chi connectivity index (χ0) is 11.4. The summed E-state index contributed by atoms with van der Waals surface area (Å²) in [5.41, 5.74) is -0.408. The Morgan fingerprint density at radius 2 is 2.13 bits per heavy atom. The predicted octanol–water partition coefficient (Wildman–Crippen LogP) is 0.995. The van der Waals surface area contributed by atoms with Crippen molar-refractivity contribution in [1.29, 1.82) is 0 Å². The molecule has 0 atom stereocenters. The van der Waals surface area contributed by atoms with Gasteiger partial charge in [0.05, 0.1) is 6.61 Å². The summed E-state index contributed by atoms with van der Waals surface area (Å²) >= 11 is 0. The molecule has 0 fully saturated rings.